The van der Waals surface area contributed by atoms with Crippen LogP contribution in [0.4, 0.5) is 5.69 Å². The lowest BCUT2D eigenvalue weighted by Gasteiger charge is -2.27. The second-order valence-corrected chi connectivity index (χ2v) is 16.9. The molecule has 1 aliphatic heterocycles. The topological polar surface area (TPSA) is 3.24 Å². The van der Waals surface area contributed by atoms with Gasteiger partial charge in [-0.15, -0.1) is 17.1 Å². The number of allylic oxidation sites excluding steroid dienone is 4. The molecule has 0 fully saturated rings. The average Bonchev–Trinajstić information content (AvgIpc) is 3.97. The highest BCUT2D eigenvalue weighted by atomic mass is 32.1. The molecule has 0 saturated heterocycles. The van der Waals surface area contributed by atoms with Gasteiger partial charge in [-0.05, 0) is 111 Å². The van der Waals surface area contributed by atoms with Gasteiger partial charge in [0.2, 0.25) is 0 Å². The van der Waals surface area contributed by atoms with Gasteiger partial charge in [0.1, 0.15) is 0 Å². The second kappa shape index (κ2) is 14.0. The van der Waals surface area contributed by atoms with Crippen molar-refractivity contribution in [1.82, 2.24) is 0 Å². The summed E-state index contributed by atoms with van der Waals surface area (Å²) >= 11 is 1.84. The molecule has 1 nitrogen and oxygen atoms in total. The summed E-state index contributed by atoms with van der Waals surface area (Å²) in [5, 5.41) is 3.91. The summed E-state index contributed by atoms with van der Waals surface area (Å²) in [6.07, 6.45) is 18.8. The molecule has 1 aromatic heterocycles. The normalized spacial score (nSPS) is 16.9. The van der Waals surface area contributed by atoms with Crippen LogP contribution in [0.15, 0.2) is 194 Å². The molecule has 0 N–H and O–H groups in total. The zero-order chi connectivity index (χ0) is 38.6. The number of hydrogen-bond acceptors (Lipinski definition) is 2. The van der Waals surface area contributed by atoms with Crippen LogP contribution in [0.5, 0.6) is 0 Å². The van der Waals surface area contributed by atoms with Crippen LogP contribution in [0, 0.1) is 0 Å². The third kappa shape index (κ3) is 5.76. The van der Waals surface area contributed by atoms with E-state index in [1.807, 2.05) is 11.3 Å². The second-order valence-electron chi connectivity index (χ2n) is 15.8. The standard InChI is InChI=1S/C56H41NS/c1-2-34-57-37-56(32-9-4-10-33-56)51-36-49(46-14-7-8-15-48(46)55(51)57)41-22-28-44(29-23-41)54(42-24-18-39(19-25-42)38-12-5-3-6-13-38)43-26-20-40(21-27-43)45-30-31-53-50(35-45)47-16-11-17-52(47)58-53/h2-10,12-32,34-36,54H,33,37H2,1H3/b34-2+. The van der Waals surface area contributed by atoms with Crippen molar-refractivity contribution in [1.29, 1.82) is 0 Å². The lowest BCUT2D eigenvalue weighted by atomic mass is 9.75. The van der Waals surface area contributed by atoms with Crippen molar-refractivity contribution in [2.24, 2.45) is 0 Å². The van der Waals surface area contributed by atoms with Crippen LogP contribution in [0.2, 0.25) is 0 Å². The summed E-state index contributed by atoms with van der Waals surface area (Å²) < 4.78 is 1.33. The van der Waals surface area contributed by atoms with Crippen molar-refractivity contribution < 1.29 is 0 Å². The van der Waals surface area contributed by atoms with Crippen LogP contribution >= 0.6 is 11.3 Å². The molecule has 1 spiro atoms. The Morgan fingerprint density at radius 1 is 0.621 bits per heavy atom. The van der Waals surface area contributed by atoms with Crippen molar-refractivity contribution in [3.05, 3.63) is 227 Å². The maximum atomic E-state index is 3.28. The highest BCUT2D eigenvalue weighted by molar-refractivity contribution is 7.20. The van der Waals surface area contributed by atoms with Crippen molar-refractivity contribution in [3.8, 4) is 33.4 Å². The fourth-order valence-corrected chi connectivity index (χ4v) is 10.7. The Morgan fingerprint density at radius 3 is 1.95 bits per heavy atom. The Bertz CT molecular complexity index is 3020. The Labute approximate surface area is 344 Å². The molecule has 0 saturated carbocycles. The van der Waals surface area contributed by atoms with Gasteiger partial charge in [-0.25, -0.2) is 0 Å². The van der Waals surface area contributed by atoms with Gasteiger partial charge < -0.3 is 4.90 Å². The van der Waals surface area contributed by atoms with E-state index in [0.717, 1.165) is 13.0 Å². The first-order valence-corrected chi connectivity index (χ1v) is 21.1. The lowest BCUT2D eigenvalue weighted by Crippen LogP contribution is -2.29. The fourth-order valence-electron chi connectivity index (χ4n) is 9.62. The number of benzene rings is 7. The molecule has 276 valence electrons. The minimum absolute atomic E-state index is 0.0464. The highest BCUT2D eigenvalue weighted by Gasteiger charge is 2.41. The number of nitrogens with zero attached hydrogens (tertiary/aromatic N) is 1. The highest BCUT2D eigenvalue weighted by Crippen LogP contribution is 2.51. The first-order valence-electron chi connectivity index (χ1n) is 20.3. The van der Waals surface area contributed by atoms with Gasteiger partial charge in [0, 0.05) is 43.8 Å². The summed E-state index contributed by atoms with van der Waals surface area (Å²) in [4.78, 5) is 3.77. The third-order valence-electron chi connectivity index (χ3n) is 12.4. The van der Waals surface area contributed by atoms with Crippen molar-refractivity contribution >= 4 is 50.0 Å². The van der Waals surface area contributed by atoms with Gasteiger partial charge in [0.25, 0.3) is 0 Å². The molecule has 58 heavy (non-hydrogen) atoms. The van der Waals surface area contributed by atoms with Gasteiger partial charge >= 0.3 is 0 Å². The van der Waals surface area contributed by atoms with Gasteiger partial charge in [0.05, 0.1) is 5.69 Å². The smallest absolute Gasteiger partial charge is 0.0528 e. The maximum Gasteiger partial charge on any atom is 0.0528 e. The first-order chi connectivity index (χ1) is 28.7. The molecule has 2 atom stereocenters. The SMILES string of the molecule is C/C=C/N1CC2(C=CC=CC2)c2cc(-c3ccc(C(c4ccc(-c5ccccc5)cc4)c4ccc(-c5ccc6sc7c(c6c5)C=C=C7)cc4)cc3)c3ccccc3c21. The molecule has 2 aliphatic carbocycles. The van der Waals surface area contributed by atoms with Gasteiger partial charge in [-0.3, -0.25) is 0 Å². The Kier molecular flexibility index (Phi) is 8.36. The minimum Gasteiger partial charge on any atom is -0.346 e. The van der Waals surface area contributed by atoms with Crippen molar-refractivity contribution in [3.63, 3.8) is 0 Å². The molecule has 2 unspecified atom stereocenters. The van der Waals surface area contributed by atoms with E-state index in [1.165, 1.54) is 92.6 Å². The van der Waals surface area contributed by atoms with Gasteiger partial charge in [-0.1, -0.05) is 164 Å². The number of thiophene rings is 1. The third-order valence-corrected chi connectivity index (χ3v) is 13.6. The summed E-state index contributed by atoms with van der Waals surface area (Å²) in [6, 6.07) is 56.9. The van der Waals surface area contributed by atoms with E-state index < -0.39 is 0 Å². The van der Waals surface area contributed by atoms with E-state index in [9.17, 15) is 0 Å². The van der Waals surface area contributed by atoms with E-state index in [1.54, 1.807) is 0 Å². The quantitative estimate of drug-likeness (QED) is 0.116. The molecule has 0 radical (unpaired) electrons. The molecule has 7 aromatic carbocycles. The van der Waals surface area contributed by atoms with Crippen LogP contribution in [0.3, 0.4) is 0 Å². The largest absolute Gasteiger partial charge is 0.346 e. The first kappa shape index (κ1) is 34.5. The predicted molar refractivity (Wildman–Crippen MR) is 249 cm³/mol. The van der Waals surface area contributed by atoms with Gasteiger partial charge in [0.15, 0.2) is 0 Å². The van der Waals surface area contributed by atoms with Crippen molar-refractivity contribution in [2.75, 3.05) is 11.4 Å². The Balaban J connectivity index is 0.997. The molecule has 0 amide bonds. The predicted octanol–water partition coefficient (Wildman–Crippen LogP) is 15.0. The van der Waals surface area contributed by atoms with E-state index in [-0.39, 0.29) is 11.3 Å². The molecular weight excluding hydrogens is 719 g/mol. The minimum atomic E-state index is -0.0464. The molecule has 8 aromatic rings. The number of rotatable bonds is 7. The molecule has 11 rings (SSSR count). The van der Waals surface area contributed by atoms with Gasteiger partial charge in [-0.2, -0.15) is 0 Å². The van der Waals surface area contributed by atoms with E-state index in [4.69, 9.17) is 0 Å². The van der Waals surface area contributed by atoms with Crippen LogP contribution in [-0.4, -0.2) is 6.54 Å². The molecule has 2 heteroatoms. The lowest BCUT2D eigenvalue weighted by molar-refractivity contribution is 0.578. The fraction of sp³-hybridized carbons (Fsp3) is 0.0893. The van der Waals surface area contributed by atoms with Crippen LogP contribution in [0.1, 0.15) is 52.0 Å². The van der Waals surface area contributed by atoms with E-state index in [2.05, 4.69) is 218 Å². The molecule has 2 heterocycles. The molecule has 0 bridgehead atoms. The number of anilines is 1. The molecule has 3 aliphatic rings. The zero-order valence-corrected chi connectivity index (χ0v) is 33.2. The van der Waals surface area contributed by atoms with Crippen LogP contribution < -0.4 is 4.90 Å². The summed E-state index contributed by atoms with van der Waals surface area (Å²) in [6.45, 7) is 3.06. The van der Waals surface area contributed by atoms with E-state index >= 15 is 0 Å². The van der Waals surface area contributed by atoms with E-state index in [0.29, 0.717) is 0 Å². The maximum absolute atomic E-state index is 3.28. The summed E-state index contributed by atoms with van der Waals surface area (Å²) in [5.41, 5.74) is 18.6. The summed E-state index contributed by atoms with van der Waals surface area (Å²) in [7, 11) is 0. The summed E-state index contributed by atoms with van der Waals surface area (Å²) in [5.74, 6) is 0.0698. The monoisotopic (exact) mass is 759 g/mol. The number of hydrogen-bond donors (Lipinski definition) is 0. The average molecular weight is 760 g/mol. The van der Waals surface area contributed by atoms with Crippen LogP contribution in [0.25, 0.3) is 66.4 Å². The Morgan fingerprint density at radius 2 is 1.26 bits per heavy atom. The molecular formula is C56H41NS. The Hall–Kier alpha value is -6.70. The van der Waals surface area contributed by atoms with Crippen LogP contribution in [-0.2, 0) is 5.41 Å². The van der Waals surface area contributed by atoms with Crippen molar-refractivity contribution in [2.45, 2.75) is 24.7 Å². The number of fused-ring (bicyclic) bond motifs is 7. The zero-order valence-electron chi connectivity index (χ0n) is 32.4.